The molecule has 53 heavy (non-hydrogen) atoms. The molecule has 0 fully saturated rings. The van der Waals surface area contributed by atoms with Crippen molar-refractivity contribution in [2.24, 2.45) is 0 Å². The van der Waals surface area contributed by atoms with E-state index < -0.39 is 12.1 Å². The number of phenolic OH excluding ortho intramolecular Hbond substituents is 2. The molecule has 0 atom stereocenters. The molecule has 0 aliphatic carbocycles. The zero-order valence-corrected chi connectivity index (χ0v) is 27.8. The number of benzene rings is 6. The molecule has 6 aromatic carbocycles. The highest BCUT2D eigenvalue weighted by atomic mass is 16.3. The molecule has 0 saturated heterocycles. The quantitative estimate of drug-likeness (QED) is 0.0943. The van der Waals surface area contributed by atoms with Crippen LogP contribution in [0.1, 0.15) is 11.1 Å². The number of aromatic hydroxyl groups is 2. The van der Waals surface area contributed by atoms with Crippen molar-refractivity contribution in [2.75, 3.05) is 21.3 Å². The molecule has 2 aromatic heterocycles. The fourth-order valence-corrected chi connectivity index (χ4v) is 5.71. The highest BCUT2D eigenvalue weighted by Crippen LogP contribution is 2.27. The molecule has 0 bridgehead atoms. The Hall–Kier alpha value is -7.74. The first-order valence-corrected chi connectivity index (χ1v) is 16.5. The Morgan fingerprint density at radius 1 is 0.453 bits per heavy atom. The number of carbonyl (C=O) groups is 2. The number of carbonyl (C=O) groups excluding carboxylic acids is 2. The first kappa shape index (κ1) is 32.5. The van der Waals surface area contributed by atoms with E-state index in [1.807, 2.05) is 97.1 Å². The number of aromatic nitrogens is 6. The van der Waals surface area contributed by atoms with Gasteiger partial charge in [-0.05, 0) is 90.3 Å². The lowest BCUT2D eigenvalue weighted by Crippen LogP contribution is -2.19. The van der Waals surface area contributed by atoms with Crippen molar-refractivity contribution in [1.29, 1.82) is 0 Å². The first-order valence-electron chi connectivity index (χ1n) is 16.5. The Labute approximate surface area is 301 Å². The van der Waals surface area contributed by atoms with Gasteiger partial charge in [0.05, 0.1) is 0 Å². The van der Waals surface area contributed by atoms with E-state index >= 15 is 0 Å². The normalized spacial score (nSPS) is 11.0. The number of phenols is 2. The van der Waals surface area contributed by atoms with Gasteiger partial charge in [-0.2, -0.15) is 0 Å². The predicted octanol–water partition coefficient (Wildman–Crippen LogP) is 7.44. The van der Waals surface area contributed by atoms with Crippen molar-refractivity contribution in [3.8, 4) is 22.9 Å². The van der Waals surface area contributed by atoms with Gasteiger partial charge in [0.25, 0.3) is 0 Å². The van der Waals surface area contributed by atoms with Crippen molar-refractivity contribution in [1.82, 2.24) is 30.0 Å². The van der Waals surface area contributed by atoms with Crippen LogP contribution in [0, 0.1) is 0 Å². The van der Waals surface area contributed by atoms with Crippen LogP contribution in [0.4, 0.5) is 32.3 Å². The Morgan fingerprint density at radius 2 is 0.774 bits per heavy atom. The van der Waals surface area contributed by atoms with Crippen LogP contribution in [0.3, 0.4) is 0 Å². The predicted molar refractivity (Wildman–Crippen MR) is 202 cm³/mol. The van der Waals surface area contributed by atoms with Gasteiger partial charge in [0.2, 0.25) is 0 Å². The molecule has 0 spiro atoms. The maximum atomic E-state index is 12.7. The minimum Gasteiger partial charge on any atom is -0.506 e. The molecule has 0 saturated carbocycles. The van der Waals surface area contributed by atoms with E-state index in [1.165, 1.54) is 21.7 Å². The molecule has 8 rings (SSSR count). The molecule has 2 heterocycles. The van der Waals surface area contributed by atoms with E-state index in [-0.39, 0.29) is 11.5 Å². The number of nitrogens with one attached hydrogen (secondary N) is 4. The number of urea groups is 2. The van der Waals surface area contributed by atoms with Gasteiger partial charge in [-0.3, -0.25) is 0 Å². The molecule has 0 aliphatic heterocycles. The summed E-state index contributed by atoms with van der Waals surface area (Å²) in [5, 5.41) is 49.8. The molecule has 0 aliphatic rings. The molecular formula is C39H30N10O4. The fraction of sp³-hybridized carbons (Fsp3) is 0.0256. The maximum Gasteiger partial charge on any atom is 0.323 e. The van der Waals surface area contributed by atoms with Gasteiger partial charge in [-0.1, -0.05) is 48.5 Å². The molecule has 8 aromatic rings. The van der Waals surface area contributed by atoms with Crippen LogP contribution < -0.4 is 21.3 Å². The molecule has 260 valence electrons. The Balaban J connectivity index is 0.817. The van der Waals surface area contributed by atoms with Gasteiger partial charge in [0.15, 0.2) is 0 Å². The molecule has 14 heteroatoms. The van der Waals surface area contributed by atoms with Crippen LogP contribution >= 0.6 is 0 Å². The second kappa shape index (κ2) is 13.9. The van der Waals surface area contributed by atoms with Crippen LogP contribution in [0.25, 0.3) is 33.4 Å². The average Bonchev–Trinajstić information content (AvgIpc) is 3.78. The van der Waals surface area contributed by atoms with E-state index in [4.69, 9.17) is 0 Å². The Kier molecular flexibility index (Phi) is 8.50. The Morgan fingerprint density at radius 3 is 1.11 bits per heavy atom. The second-order valence-electron chi connectivity index (χ2n) is 12.1. The van der Waals surface area contributed by atoms with Crippen molar-refractivity contribution in [3.05, 3.63) is 145 Å². The average molecular weight is 703 g/mol. The Bertz CT molecular complexity index is 2370. The van der Waals surface area contributed by atoms with Gasteiger partial charge in [-0.25, -0.2) is 9.59 Å². The van der Waals surface area contributed by atoms with Gasteiger partial charge in [0.1, 0.15) is 44.9 Å². The first-order chi connectivity index (χ1) is 25.8. The van der Waals surface area contributed by atoms with Gasteiger partial charge in [0, 0.05) is 34.9 Å². The van der Waals surface area contributed by atoms with Crippen LogP contribution in [-0.2, 0) is 6.42 Å². The zero-order chi connectivity index (χ0) is 36.3. The van der Waals surface area contributed by atoms with E-state index in [1.54, 1.807) is 24.3 Å². The van der Waals surface area contributed by atoms with Crippen molar-refractivity contribution in [2.45, 2.75) is 6.42 Å². The molecule has 6 N–H and O–H groups in total. The van der Waals surface area contributed by atoms with Gasteiger partial charge >= 0.3 is 12.1 Å². The summed E-state index contributed by atoms with van der Waals surface area (Å²) in [5.74, 6) is -0.165. The smallest absolute Gasteiger partial charge is 0.323 e. The number of hydrogen-bond donors (Lipinski definition) is 6. The van der Waals surface area contributed by atoms with E-state index in [0.717, 1.165) is 11.1 Å². The van der Waals surface area contributed by atoms with Crippen LogP contribution in [-0.4, -0.2) is 52.3 Å². The van der Waals surface area contributed by atoms with Crippen molar-refractivity contribution < 1.29 is 19.8 Å². The van der Waals surface area contributed by atoms with Crippen LogP contribution in [0.15, 0.2) is 133 Å². The number of anilines is 4. The van der Waals surface area contributed by atoms with Gasteiger partial charge in [-0.15, -0.1) is 30.0 Å². The van der Waals surface area contributed by atoms with E-state index in [2.05, 4.69) is 41.7 Å². The van der Waals surface area contributed by atoms with Crippen LogP contribution in [0.5, 0.6) is 11.5 Å². The lowest BCUT2D eigenvalue weighted by Gasteiger charge is -2.11. The third kappa shape index (κ3) is 7.27. The maximum absolute atomic E-state index is 12.7. The highest BCUT2D eigenvalue weighted by Gasteiger charge is 2.13. The molecule has 14 nitrogen and oxygen atoms in total. The third-order valence-corrected chi connectivity index (χ3v) is 8.30. The standard InChI is InChI=1S/C39H30N10O4/c50-36-22-28(17-19-34(36)48-44-30-5-1-2-6-31(30)45-48)42-38(52)40-26-13-9-24(10-14-26)21-25-11-15-27(16-12-25)41-39(53)43-29-18-20-35(37(51)23-29)49-46-32-7-3-4-8-33(32)47-49/h1-20,22-23,50-51H,21H2,(H2,40,42,52)(H2,41,43,53). The van der Waals surface area contributed by atoms with Gasteiger partial charge < -0.3 is 31.5 Å². The highest BCUT2D eigenvalue weighted by molar-refractivity contribution is 6.00. The summed E-state index contributed by atoms with van der Waals surface area (Å²) in [7, 11) is 0. The number of rotatable bonds is 8. The monoisotopic (exact) mass is 702 g/mol. The van der Waals surface area contributed by atoms with E-state index in [0.29, 0.717) is 62.6 Å². The lowest BCUT2D eigenvalue weighted by atomic mass is 10.0. The zero-order valence-electron chi connectivity index (χ0n) is 27.8. The summed E-state index contributed by atoms with van der Waals surface area (Å²) in [4.78, 5) is 28.1. The summed E-state index contributed by atoms with van der Waals surface area (Å²) in [6.45, 7) is 0. The van der Waals surface area contributed by atoms with Crippen molar-refractivity contribution in [3.63, 3.8) is 0 Å². The van der Waals surface area contributed by atoms with Crippen LogP contribution in [0.2, 0.25) is 0 Å². The number of amides is 4. The lowest BCUT2D eigenvalue weighted by molar-refractivity contribution is 0.261. The number of hydrogen-bond acceptors (Lipinski definition) is 8. The van der Waals surface area contributed by atoms with Crippen molar-refractivity contribution >= 4 is 56.9 Å². The third-order valence-electron chi connectivity index (χ3n) is 8.30. The number of fused-ring (bicyclic) bond motifs is 2. The topological polar surface area (TPSA) is 184 Å². The summed E-state index contributed by atoms with van der Waals surface area (Å²) in [6, 6.07) is 38.2. The molecule has 0 unspecified atom stereocenters. The minimum absolute atomic E-state index is 0.0825. The summed E-state index contributed by atoms with van der Waals surface area (Å²) in [6.07, 6.45) is 0.636. The summed E-state index contributed by atoms with van der Waals surface area (Å²) < 4.78 is 0. The SMILES string of the molecule is O=C(Nc1ccc(Cc2ccc(NC(=O)Nc3ccc(-n4nc5ccccc5n4)c(O)c3)cc2)cc1)Nc1ccc(-n2nc3ccccc3n2)c(O)c1. The molecule has 4 amide bonds. The minimum atomic E-state index is -0.464. The summed E-state index contributed by atoms with van der Waals surface area (Å²) in [5.41, 5.74) is 7.63. The summed E-state index contributed by atoms with van der Waals surface area (Å²) >= 11 is 0. The molecular weight excluding hydrogens is 672 g/mol. The fourth-order valence-electron chi connectivity index (χ4n) is 5.71. The second-order valence-corrected chi connectivity index (χ2v) is 12.1. The van der Waals surface area contributed by atoms with E-state index in [9.17, 15) is 19.8 Å². The molecule has 0 radical (unpaired) electrons. The largest absolute Gasteiger partial charge is 0.506 e. The number of nitrogens with zero attached hydrogens (tertiary/aromatic N) is 6.